The summed E-state index contributed by atoms with van der Waals surface area (Å²) in [5, 5.41) is 3.16. The number of sulfone groups is 1. The van der Waals surface area contributed by atoms with Crippen molar-refractivity contribution in [1.82, 2.24) is 9.97 Å². The number of hydrogen-bond donors (Lipinski definition) is 0. The number of thioether (sulfide) groups is 1. The van der Waals surface area contributed by atoms with Gasteiger partial charge >= 0.3 is 0 Å². The molecule has 3 rings (SSSR count). The van der Waals surface area contributed by atoms with Crippen molar-refractivity contribution in [3.8, 4) is 0 Å². The van der Waals surface area contributed by atoms with Gasteiger partial charge in [0.05, 0.1) is 15.5 Å². The van der Waals surface area contributed by atoms with Crippen molar-refractivity contribution in [1.29, 1.82) is 0 Å². The molecular weight excluding hydrogens is 312 g/mol. The fourth-order valence-corrected chi connectivity index (χ4v) is 6.17. The van der Waals surface area contributed by atoms with Gasteiger partial charge in [-0.25, -0.2) is 18.4 Å². The van der Waals surface area contributed by atoms with E-state index in [-0.39, 0.29) is 5.25 Å². The molecule has 0 amide bonds. The normalized spacial score (nSPS) is 24.1. The smallest absolute Gasteiger partial charge is 0.150 e. The van der Waals surface area contributed by atoms with Gasteiger partial charge in [0.2, 0.25) is 0 Å². The summed E-state index contributed by atoms with van der Waals surface area (Å²) in [4.78, 5) is 8.61. The van der Waals surface area contributed by atoms with Crippen molar-refractivity contribution >= 4 is 43.2 Å². The Morgan fingerprint density at radius 1 is 1.35 bits per heavy atom. The third-order valence-corrected chi connectivity index (χ3v) is 7.65. The lowest BCUT2D eigenvalue weighted by molar-refractivity contribution is 0.495. The lowest BCUT2D eigenvalue weighted by Gasteiger charge is -2.27. The van der Waals surface area contributed by atoms with Crippen LogP contribution in [-0.4, -0.2) is 35.1 Å². The topological polar surface area (TPSA) is 59.9 Å². The maximum absolute atomic E-state index is 11.7. The van der Waals surface area contributed by atoms with Crippen LogP contribution in [0.5, 0.6) is 0 Å². The van der Waals surface area contributed by atoms with Crippen LogP contribution in [0, 0.1) is 0 Å². The summed E-state index contributed by atoms with van der Waals surface area (Å²) in [5.41, 5.74) is 0.975. The van der Waals surface area contributed by atoms with E-state index in [1.54, 1.807) is 29.4 Å². The van der Waals surface area contributed by atoms with E-state index in [0.717, 1.165) is 40.9 Å². The molecule has 2 aromatic heterocycles. The largest absolute Gasteiger partial charge is 0.235 e. The molecule has 0 aromatic carbocycles. The van der Waals surface area contributed by atoms with Gasteiger partial charge in [-0.3, -0.25) is 0 Å². The second kappa shape index (κ2) is 5.61. The number of hydrogen-bond acceptors (Lipinski definition) is 6. The van der Waals surface area contributed by atoms with E-state index >= 15 is 0 Å². The maximum atomic E-state index is 11.7. The molecule has 0 bridgehead atoms. The SMILES string of the molecule is CS(=O)(=O)[C@@H]1CCC[C@@H](Sc2ncnc3ccsc23)C1. The maximum Gasteiger partial charge on any atom is 0.150 e. The Kier molecular flexibility index (Phi) is 4.01. The van der Waals surface area contributed by atoms with Crippen LogP contribution >= 0.6 is 23.1 Å². The molecule has 2 heterocycles. The molecule has 1 aliphatic rings. The van der Waals surface area contributed by atoms with E-state index < -0.39 is 9.84 Å². The molecule has 1 aliphatic carbocycles. The van der Waals surface area contributed by atoms with Gasteiger partial charge in [0.1, 0.15) is 21.2 Å². The molecule has 0 unspecified atom stereocenters. The molecule has 2 atom stereocenters. The van der Waals surface area contributed by atoms with Crippen molar-refractivity contribution in [2.75, 3.05) is 6.26 Å². The Hall–Kier alpha value is -0.660. The Bertz CT molecular complexity index is 711. The number of rotatable bonds is 3. The van der Waals surface area contributed by atoms with Gasteiger partial charge in [0.15, 0.2) is 0 Å². The van der Waals surface area contributed by atoms with E-state index in [9.17, 15) is 8.42 Å². The molecule has 1 saturated carbocycles. The summed E-state index contributed by atoms with van der Waals surface area (Å²) in [6.07, 6.45) is 6.53. The van der Waals surface area contributed by atoms with E-state index in [4.69, 9.17) is 0 Å². The average Bonchev–Trinajstić information content (AvgIpc) is 2.87. The minimum atomic E-state index is -2.93. The van der Waals surface area contributed by atoms with Gasteiger partial charge in [-0.05, 0) is 30.7 Å². The summed E-state index contributed by atoms with van der Waals surface area (Å²) >= 11 is 3.36. The lowest BCUT2D eigenvalue weighted by Crippen LogP contribution is -2.28. The molecule has 0 spiro atoms. The van der Waals surface area contributed by atoms with E-state index in [2.05, 4.69) is 9.97 Å². The summed E-state index contributed by atoms with van der Waals surface area (Å²) in [6.45, 7) is 0. The third kappa shape index (κ3) is 2.99. The van der Waals surface area contributed by atoms with Crippen molar-refractivity contribution in [3.05, 3.63) is 17.8 Å². The zero-order chi connectivity index (χ0) is 14.2. The van der Waals surface area contributed by atoms with Gasteiger partial charge in [-0.2, -0.15) is 0 Å². The quantitative estimate of drug-likeness (QED) is 0.810. The van der Waals surface area contributed by atoms with Gasteiger partial charge in [-0.15, -0.1) is 23.1 Å². The van der Waals surface area contributed by atoms with Crippen LogP contribution in [0.25, 0.3) is 10.2 Å². The molecule has 4 nitrogen and oxygen atoms in total. The van der Waals surface area contributed by atoms with Crippen LogP contribution < -0.4 is 0 Å². The van der Waals surface area contributed by atoms with Crippen LogP contribution in [0.4, 0.5) is 0 Å². The van der Waals surface area contributed by atoms with E-state index in [0.29, 0.717) is 5.25 Å². The van der Waals surface area contributed by atoms with Crippen LogP contribution in [0.3, 0.4) is 0 Å². The molecule has 20 heavy (non-hydrogen) atoms. The predicted molar refractivity (Wildman–Crippen MR) is 84.2 cm³/mol. The highest BCUT2D eigenvalue weighted by molar-refractivity contribution is 8.00. The zero-order valence-corrected chi connectivity index (χ0v) is 13.6. The molecule has 2 aromatic rings. The van der Waals surface area contributed by atoms with Crippen molar-refractivity contribution in [3.63, 3.8) is 0 Å². The number of aromatic nitrogens is 2. The molecule has 0 N–H and O–H groups in total. The van der Waals surface area contributed by atoms with E-state index in [1.165, 1.54) is 6.26 Å². The highest BCUT2D eigenvalue weighted by Crippen LogP contribution is 2.38. The minimum absolute atomic E-state index is 0.186. The number of fused-ring (bicyclic) bond motifs is 1. The van der Waals surface area contributed by atoms with Crippen LogP contribution in [0.1, 0.15) is 25.7 Å². The fourth-order valence-electron chi connectivity index (χ4n) is 2.61. The molecule has 1 fully saturated rings. The van der Waals surface area contributed by atoms with Crippen molar-refractivity contribution in [2.24, 2.45) is 0 Å². The monoisotopic (exact) mass is 328 g/mol. The standard InChI is InChI=1S/C13H16N2O2S3/c1-20(16,17)10-4-2-3-9(7-10)19-13-12-11(5-6-18-12)14-8-15-13/h5-6,8-10H,2-4,7H2,1H3/t9-,10-/m1/s1. The Morgan fingerprint density at radius 2 is 2.20 bits per heavy atom. The fraction of sp³-hybridized carbons (Fsp3) is 0.538. The predicted octanol–water partition coefficient (Wildman–Crippen LogP) is 3.14. The van der Waals surface area contributed by atoms with E-state index in [1.807, 2.05) is 11.4 Å². The number of thiophene rings is 1. The molecule has 7 heteroatoms. The van der Waals surface area contributed by atoms with Crippen molar-refractivity contribution < 1.29 is 8.42 Å². The Morgan fingerprint density at radius 3 is 3.00 bits per heavy atom. The summed E-state index contributed by atoms with van der Waals surface area (Å²) < 4.78 is 24.6. The first-order chi connectivity index (χ1) is 9.54. The highest BCUT2D eigenvalue weighted by atomic mass is 32.2. The molecule has 0 aliphatic heterocycles. The summed E-state index contributed by atoms with van der Waals surface area (Å²) in [7, 11) is -2.93. The minimum Gasteiger partial charge on any atom is -0.235 e. The first-order valence-corrected chi connectivity index (χ1v) is 10.3. The first-order valence-electron chi connectivity index (χ1n) is 6.58. The Labute approximate surface area is 126 Å². The highest BCUT2D eigenvalue weighted by Gasteiger charge is 2.29. The Balaban J connectivity index is 1.79. The lowest BCUT2D eigenvalue weighted by atomic mass is 10.00. The van der Waals surface area contributed by atoms with Crippen LogP contribution in [0.15, 0.2) is 22.8 Å². The second-order valence-electron chi connectivity index (χ2n) is 5.17. The zero-order valence-electron chi connectivity index (χ0n) is 11.2. The van der Waals surface area contributed by atoms with Crippen molar-refractivity contribution in [2.45, 2.75) is 41.2 Å². The second-order valence-corrected chi connectivity index (χ2v) is 9.70. The molecular formula is C13H16N2O2S3. The summed E-state index contributed by atoms with van der Waals surface area (Å²) in [5.74, 6) is 0. The molecule has 0 radical (unpaired) electrons. The first kappa shape index (κ1) is 14.3. The van der Waals surface area contributed by atoms with Gasteiger partial charge in [-0.1, -0.05) is 6.42 Å². The molecule has 108 valence electrons. The summed E-state index contributed by atoms with van der Waals surface area (Å²) in [6, 6.07) is 1.99. The van der Waals surface area contributed by atoms with Crippen LogP contribution in [0.2, 0.25) is 0 Å². The van der Waals surface area contributed by atoms with Crippen LogP contribution in [-0.2, 0) is 9.84 Å². The van der Waals surface area contributed by atoms with Gasteiger partial charge < -0.3 is 0 Å². The third-order valence-electron chi connectivity index (χ3n) is 3.67. The average molecular weight is 328 g/mol. The van der Waals surface area contributed by atoms with Gasteiger partial charge in [0, 0.05) is 11.5 Å². The number of nitrogens with zero attached hydrogens (tertiary/aromatic N) is 2. The van der Waals surface area contributed by atoms with Gasteiger partial charge in [0.25, 0.3) is 0 Å². The molecule has 0 saturated heterocycles.